The summed E-state index contributed by atoms with van der Waals surface area (Å²) >= 11 is 0. The maximum absolute atomic E-state index is 12.6. The predicted octanol–water partition coefficient (Wildman–Crippen LogP) is 7.31. The molecule has 1 aromatic carbocycles. The number of fused-ring (bicyclic) bond motifs is 2. The number of rotatable bonds is 7. The molecule has 0 N–H and O–H groups in total. The van der Waals surface area contributed by atoms with Crippen LogP contribution >= 0.6 is 0 Å². The van der Waals surface area contributed by atoms with Gasteiger partial charge in [-0.1, -0.05) is 74.4 Å². The number of hydrogen-bond acceptors (Lipinski definition) is 10. The minimum atomic E-state index is -2.83. The van der Waals surface area contributed by atoms with Crippen molar-refractivity contribution in [1.82, 2.24) is 19.5 Å². The Labute approximate surface area is 280 Å². The molecule has 2 saturated heterocycles. The first-order valence-corrected chi connectivity index (χ1v) is 21.0. The van der Waals surface area contributed by atoms with Gasteiger partial charge >= 0.3 is 14.5 Å². The first kappa shape index (κ1) is 35.3. The molecule has 2 aliphatic rings. The highest BCUT2D eigenvalue weighted by Gasteiger charge is 2.66. The summed E-state index contributed by atoms with van der Waals surface area (Å²) < 4.78 is 35.2. The average Bonchev–Trinajstić information content (AvgIpc) is 3.56. The molecule has 0 aliphatic carbocycles. The molecule has 0 unspecified atom stereocenters. The number of ether oxygens (including phenoxy) is 2. The number of carbonyl (C=O) groups excluding carboxylic acids is 1. The first-order chi connectivity index (χ1) is 21.8. The van der Waals surface area contributed by atoms with E-state index in [9.17, 15) is 4.79 Å². The topological polar surface area (TPSA) is 131 Å². The number of nitrogens with zero attached hydrogens (tertiary/aromatic N) is 5. The van der Waals surface area contributed by atoms with Gasteiger partial charge in [0.1, 0.15) is 42.5 Å². The Morgan fingerprint density at radius 1 is 1.09 bits per heavy atom. The Kier molecular flexibility index (Phi) is 9.37. The van der Waals surface area contributed by atoms with E-state index >= 15 is 0 Å². The summed E-state index contributed by atoms with van der Waals surface area (Å²) in [5.41, 5.74) is 2.78. The van der Waals surface area contributed by atoms with Crippen LogP contribution in [-0.2, 0) is 22.8 Å². The van der Waals surface area contributed by atoms with Crippen molar-refractivity contribution in [2.24, 2.45) is 0 Å². The first-order valence-electron chi connectivity index (χ1n) is 16.3. The van der Waals surface area contributed by atoms with Gasteiger partial charge in [0, 0.05) is 15.6 Å². The summed E-state index contributed by atoms with van der Waals surface area (Å²) in [5, 5.41) is 8.35. The van der Waals surface area contributed by atoms with Gasteiger partial charge in [-0.3, -0.25) is 4.57 Å². The number of imidazole rings is 1. The van der Waals surface area contributed by atoms with Gasteiger partial charge in [0.25, 0.3) is 0 Å². The maximum Gasteiger partial charge on any atom is 0.349 e. The highest BCUT2D eigenvalue weighted by Crippen LogP contribution is 2.56. The number of hydrogen-bond donors (Lipinski definition) is 0. The van der Waals surface area contributed by atoms with Gasteiger partial charge in [-0.2, -0.15) is 5.26 Å². The summed E-state index contributed by atoms with van der Waals surface area (Å²) in [7, 11) is -5.14. The van der Waals surface area contributed by atoms with Crippen LogP contribution in [0.25, 0.3) is 22.4 Å². The number of esters is 1. The van der Waals surface area contributed by atoms with Crippen LogP contribution in [-0.4, -0.2) is 73.9 Å². The van der Waals surface area contributed by atoms with Crippen molar-refractivity contribution in [1.29, 1.82) is 5.26 Å². The molecule has 0 radical (unpaired) electrons. The van der Waals surface area contributed by atoms with Crippen molar-refractivity contribution < 1.29 is 27.5 Å². The van der Waals surface area contributed by atoms with Crippen LogP contribution in [0.1, 0.15) is 85.3 Å². The van der Waals surface area contributed by atoms with Crippen LogP contribution in [0, 0.1) is 11.3 Å². The van der Waals surface area contributed by atoms with Crippen molar-refractivity contribution in [2.45, 2.75) is 121 Å². The molecule has 13 heteroatoms. The van der Waals surface area contributed by atoms with E-state index in [-0.39, 0.29) is 40.4 Å². The van der Waals surface area contributed by atoms with Gasteiger partial charge in [-0.15, -0.1) is 0 Å². The van der Waals surface area contributed by atoms with Gasteiger partial charge in [-0.05, 0) is 30.3 Å². The van der Waals surface area contributed by atoms with Crippen LogP contribution in [0.15, 0.2) is 36.9 Å². The maximum atomic E-state index is 12.6. The standard InChI is InChI=1S/C34H49N5O6Si2/c1-32(2,3)46(10,11)44-28-27-24(19-42-47(45-27,33(4,5)6)34(7,8)9)43-30(28)39-21-38-26-25(36-20-37-29(26)39)22-14-12-15-23(18-22)31(40)41-17-13-16-35/h12,14-15,18,20-21,24,27-28,30H,13,17,19H2,1-11H3/t24-,27-,28-,30-/m1/s1. The molecule has 4 heterocycles. The van der Waals surface area contributed by atoms with E-state index in [1.165, 1.54) is 6.33 Å². The Morgan fingerprint density at radius 3 is 2.43 bits per heavy atom. The molecule has 0 bridgehead atoms. The number of carbonyl (C=O) groups is 1. The predicted molar refractivity (Wildman–Crippen MR) is 183 cm³/mol. The fourth-order valence-electron chi connectivity index (χ4n) is 6.50. The van der Waals surface area contributed by atoms with E-state index in [4.69, 9.17) is 33.0 Å². The summed E-state index contributed by atoms with van der Waals surface area (Å²) in [6, 6.07) is 9.00. The third-order valence-electron chi connectivity index (χ3n) is 9.70. The minimum absolute atomic E-state index is 0.0348. The van der Waals surface area contributed by atoms with Crippen LogP contribution in [0.3, 0.4) is 0 Å². The molecule has 5 rings (SSSR count). The Balaban J connectivity index is 1.56. The molecular formula is C34H49N5O6Si2. The van der Waals surface area contributed by atoms with E-state index in [1.807, 2.05) is 16.7 Å². The smallest absolute Gasteiger partial charge is 0.349 e. The van der Waals surface area contributed by atoms with Crippen molar-refractivity contribution in [3.63, 3.8) is 0 Å². The third kappa shape index (κ3) is 6.43. The van der Waals surface area contributed by atoms with E-state index in [1.54, 1.807) is 24.5 Å². The fraction of sp³-hybridized carbons (Fsp3) is 0.618. The monoisotopic (exact) mass is 679 g/mol. The molecule has 11 nitrogen and oxygen atoms in total. The Bertz CT molecular complexity index is 1650. The molecule has 2 fully saturated rings. The third-order valence-corrected chi connectivity index (χ3v) is 19.3. The van der Waals surface area contributed by atoms with Gasteiger partial charge < -0.3 is 22.8 Å². The Morgan fingerprint density at radius 2 is 1.79 bits per heavy atom. The second-order valence-corrected chi connectivity index (χ2v) is 25.6. The fourth-order valence-corrected chi connectivity index (χ4v) is 12.7. The van der Waals surface area contributed by atoms with E-state index < -0.39 is 35.2 Å². The highest BCUT2D eigenvalue weighted by molar-refractivity contribution is 6.74. The lowest BCUT2D eigenvalue weighted by Gasteiger charge is -2.54. The zero-order valence-electron chi connectivity index (χ0n) is 29.6. The largest absolute Gasteiger partial charge is 0.461 e. The van der Waals surface area contributed by atoms with Crippen molar-refractivity contribution in [2.75, 3.05) is 13.2 Å². The van der Waals surface area contributed by atoms with Crippen LogP contribution in [0.4, 0.5) is 0 Å². The van der Waals surface area contributed by atoms with Crippen molar-refractivity contribution in [3.05, 3.63) is 42.5 Å². The summed E-state index contributed by atoms with van der Waals surface area (Å²) in [6.45, 7) is 24.9. The number of aromatic nitrogens is 4. The number of nitriles is 1. The summed E-state index contributed by atoms with van der Waals surface area (Å²) in [4.78, 5) is 26.6. The summed E-state index contributed by atoms with van der Waals surface area (Å²) in [6.07, 6.45) is 1.69. The molecule has 0 spiro atoms. The molecule has 2 aromatic heterocycles. The molecule has 254 valence electrons. The van der Waals surface area contributed by atoms with Crippen LogP contribution in [0.5, 0.6) is 0 Å². The number of benzene rings is 1. The van der Waals surface area contributed by atoms with Gasteiger partial charge in [0.2, 0.25) is 0 Å². The molecule has 0 amide bonds. The van der Waals surface area contributed by atoms with Gasteiger partial charge in [0.05, 0.1) is 31.0 Å². The quantitative estimate of drug-likeness (QED) is 0.142. The summed E-state index contributed by atoms with van der Waals surface area (Å²) in [5.74, 6) is -0.502. The lowest BCUT2D eigenvalue weighted by molar-refractivity contribution is -0.0795. The average molecular weight is 680 g/mol. The van der Waals surface area contributed by atoms with E-state index in [0.717, 1.165) is 0 Å². The van der Waals surface area contributed by atoms with Crippen molar-refractivity contribution >= 4 is 34.0 Å². The molecule has 2 aliphatic heterocycles. The molecule has 3 aromatic rings. The van der Waals surface area contributed by atoms with Crippen LogP contribution < -0.4 is 0 Å². The van der Waals surface area contributed by atoms with E-state index in [2.05, 4.69) is 85.4 Å². The van der Waals surface area contributed by atoms with Crippen molar-refractivity contribution in [3.8, 4) is 17.3 Å². The molecular weight excluding hydrogens is 631 g/mol. The molecule has 47 heavy (non-hydrogen) atoms. The molecule has 4 atom stereocenters. The van der Waals surface area contributed by atoms with E-state index in [0.29, 0.717) is 34.6 Å². The zero-order chi connectivity index (χ0) is 34.6. The second-order valence-electron chi connectivity index (χ2n) is 16.1. The highest BCUT2D eigenvalue weighted by atomic mass is 28.4. The van der Waals surface area contributed by atoms with Gasteiger partial charge in [-0.25, -0.2) is 19.7 Å². The second kappa shape index (κ2) is 12.5. The van der Waals surface area contributed by atoms with Gasteiger partial charge in [0.15, 0.2) is 20.2 Å². The Hall–Kier alpha value is -3.00. The lowest BCUT2D eigenvalue weighted by Crippen LogP contribution is -2.66. The lowest BCUT2D eigenvalue weighted by atomic mass is 10.1. The zero-order valence-corrected chi connectivity index (χ0v) is 31.6. The SMILES string of the molecule is CC(C)(C)[Si](C)(C)O[C@@H]1[C@@H]2O[Si](C(C)(C)C)(C(C)(C)C)OC[C@H]2O[C@H]1n1cnc2c(-c3cccc(C(=O)OCCC#N)c3)ncnc21. The minimum Gasteiger partial charge on any atom is -0.461 e. The van der Waals surface area contributed by atoms with Crippen LogP contribution in [0.2, 0.25) is 28.2 Å². The normalized spacial score (nSPS) is 23.4. The molecule has 0 saturated carbocycles.